The van der Waals surface area contributed by atoms with Gasteiger partial charge in [0.05, 0.1) is 10.6 Å². The van der Waals surface area contributed by atoms with Gasteiger partial charge in [-0.15, -0.1) is 0 Å². The quantitative estimate of drug-likeness (QED) is 0.833. The van der Waals surface area contributed by atoms with E-state index in [1.165, 1.54) is 4.31 Å². The van der Waals surface area contributed by atoms with Crippen molar-refractivity contribution in [2.75, 3.05) is 22.3 Å². The van der Waals surface area contributed by atoms with Gasteiger partial charge in [-0.25, -0.2) is 8.42 Å². The highest BCUT2D eigenvalue weighted by Crippen LogP contribution is 2.32. The summed E-state index contributed by atoms with van der Waals surface area (Å²) < 4.78 is 28.0. The molecule has 2 aliphatic heterocycles. The van der Waals surface area contributed by atoms with Gasteiger partial charge in [-0.1, -0.05) is 18.2 Å². The van der Waals surface area contributed by atoms with E-state index < -0.39 is 10.0 Å². The van der Waals surface area contributed by atoms with E-state index in [1.807, 2.05) is 24.3 Å². The van der Waals surface area contributed by atoms with Crippen LogP contribution in [0.4, 0.5) is 11.4 Å². The summed E-state index contributed by atoms with van der Waals surface area (Å²) in [4.78, 5) is 13.9. The number of aryl methyl sites for hydroxylation is 1. The van der Waals surface area contributed by atoms with Gasteiger partial charge in [0, 0.05) is 25.2 Å². The fraction of sp³-hybridized carbons (Fsp3) is 0.350. The summed E-state index contributed by atoms with van der Waals surface area (Å²) in [5.74, 6) is 0.0991. The summed E-state index contributed by atoms with van der Waals surface area (Å²) in [6, 6.07) is 14.4. The van der Waals surface area contributed by atoms with Crippen LogP contribution >= 0.6 is 0 Å². The second-order valence-electron chi connectivity index (χ2n) is 6.81. The summed E-state index contributed by atoms with van der Waals surface area (Å²) in [5.41, 5.74) is 2.62. The molecule has 26 heavy (non-hydrogen) atoms. The number of hydrogen-bond acceptors (Lipinski definition) is 3. The second-order valence-corrected chi connectivity index (χ2v) is 8.67. The highest BCUT2D eigenvalue weighted by Gasteiger charge is 2.28. The van der Waals surface area contributed by atoms with Gasteiger partial charge in [0.2, 0.25) is 5.91 Å². The molecule has 0 aromatic heterocycles. The molecule has 2 heterocycles. The third-order valence-electron chi connectivity index (χ3n) is 5.13. The van der Waals surface area contributed by atoms with Crippen LogP contribution < -0.4 is 9.21 Å². The lowest BCUT2D eigenvalue weighted by molar-refractivity contribution is -0.117. The average Bonchev–Trinajstić information content (AvgIpc) is 2.96. The van der Waals surface area contributed by atoms with Gasteiger partial charge in [-0.2, -0.15) is 0 Å². The van der Waals surface area contributed by atoms with Crippen LogP contribution in [0.1, 0.15) is 31.2 Å². The molecule has 136 valence electrons. The van der Waals surface area contributed by atoms with Gasteiger partial charge in [-0.05, 0) is 61.6 Å². The minimum atomic E-state index is -3.62. The van der Waals surface area contributed by atoms with Crippen LogP contribution in [-0.4, -0.2) is 27.4 Å². The number of fused-ring (bicyclic) bond motifs is 1. The predicted octanol–water partition coefficient (Wildman–Crippen LogP) is 3.35. The first-order chi connectivity index (χ1) is 12.6. The first kappa shape index (κ1) is 17.1. The number of benzene rings is 2. The molecule has 6 heteroatoms. The van der Waals surface area contributed by atoms with Crippen molar-refractivity contribution in [1.82, 2.24) is 0 Å². The zero-order valence-corrected chi connectivity index (χ0v) is 15.4. The lowest BCUT2D eigenvalue weighted by Gasteiger charge is -2.25. The lowest BCUT2D eigenvalue weighted by Crippen LogP contribution is -2.32. The molecule has 0 unspecified atom stereocenters. The smallest absolute Gasteiger partial charge is 0.264 e. The molecular weight excluding hydrogens is 348 g/mol. The molecule has 0 aliphatic carbocycles. The van der Waals surface area contributed by atoms with Gasteiger partial charge >= 0.3 is 0 Å². The number of sulfonamides is 1. The number of hydrogen-bond donors (Lipinski definition) is 0. The molecule has 0 spiro atoms. The van der Waals surface area contributed by atoms with Crippen molar-refractivity contribution in [1.29, 1.82) is 0 Å². The molecule has 1 saturated heterocycles. The molecule has 0 N–H and O–H groups in total. The Morgan fingerprint density at radius 3 is 2.31 bits per heavy atom. The maximum atomic E-state index is 13.2. The van der Waals surface area contributed by atoms with Crippen molar-refractivity contribution in [3.63, 3.8) is 0 Å². The molecule has 0 saturated carbocycles. The summed E-state index contributed by atoms with van der Waals surface area (Å²) in [5, 5.41) is 0. The highest BCUT2D eigenvalue weighted by molar-refractivity contribution is 7.92. The molecule has 0 radical (unpaired) electrons. The third kappa shape index (κ3) is 2.98. The molecule has 4 rings (SSSR count). The van der Waals surface area contributed by atoms with Crippen molar-refractivity contribution in [3.05, 3.63) is 54.1 Å². The summed E-state index contributed by atoms with van der Waals surface area (Å²) in [6.07, 6.45) is 4.14. The topological polar surface area (TPSA) is 57.7 Å². The van der Waals surface area contributed by atoms with E-state index >= 15 is 0 Å². The van der Waals surface area contributed by atoms with Gasteiger partial charge < -0.3 is 4.90 Å². The van der Waals surface area contributed by atoms with Gasteiger partial charge in [0.25, 0.3) is 10.0 Å². The van der Waals surface area contributed by atoms with Crippen molar-refractivity contribution < 1.29 is 13.2 Å². The van der Waals surface area contributed by atoms with E-state index in [9.17, 15) is 13.2 Å². The van der Waals surface area contributed by atoms with Crippen LogP contribution in [0, 0.1) is 0 Å². The van der Waals surface area contributed by atoms with Gasteiger partial charge in [-0.3, -0.25) is 9.10 Å². The monoisotopic (exact) mass is 370 g/mol. The second kappa shape index (κ2) is 6.76. The molecule has 2 aliphatic rings. The summed E-state index contributed by atoms with van der Waals surface area (Å²) in [6.45, 7) is 1.19. The Bertz CT molecular complexity index is 922. The minimum absolute atomic E-state index is 0.0991. The van der Waals surface area contributed by atoms with Crippen molar-refractivity contribution >= 4 is 27.3 Å². The van der Waals surface area contributed by atoms with E-state index in [4.69, 9.17) is 0 Å². The van der Waals surface area contributed by atoms with Gasteiger partial charge in [0.1, 0.15) is 0 Å². The molecule has 0 atom stereocenters. The van der Waals surface area contributed by atoms with Crippen LogP contribution in [0.15, 0.2) is 53.4 Å². The fourth-order valence-corrected chi connectivity index (χ4v) is 5.29. The number of rotatable bonds is 3. The van der Waals surface area contributed by atoms with E-state index in [-0.39, 0.29) is 10.8 Å². The van der Waals surface area contributed by atoms with Crippen LogP contribution in [0.3, 0.4) is 0 Å². The van der Waals surface area contributed by atoms with Crippen molar-refractivity contribution in [2.24, 2.45) is 0 Å². The Morgan fingerprint density at radius 2 is 1.58 bits per heavy atom. The number of carbonyl (C=O) groups excluding carboxylic acids is 1. The molecule has 1 amide bonds. The van der Waals surface area contributed by atoms with Crippen LogP contribution in [0.2, 0.25) is 0 Å². The van der Waals surface area contributed by atoms with Crippen LogP contribution in [0.25, 0.3) is 0 Å². The molecule has 0 bridgehead atoms. The zero-order valence-electron chi connectivity index (χ0n) is 14.6. The van der Waals surface area contributed by atoms with E-state index in [0.29, 0.717) is 19.5 Å². The lowest BCUT2D eigenvalue weighted by atomic mass is 10.1. The molecule has 2 aromatic carbocycles. The predicted molar refractivity (Wildman–Crippen MR) is 102 cm³/mol. The van der Waals surface area contributed by atoms with Crippen LogP contribution in [-0.2, 0) is 21.2 Å². The number of para-hydroxylation sites is 1. The maximum absolute atomic E-state index is 13.2. The first-order valence-electron chi connectivity index (χ1n) is 9.08. The maximum Gasteiger partial charge on any atom is 0.264 e. The number of nitrogens with zero attached hydrogens (tertiary/aromatic N) is 2. The van der Waals surface area contributed by atoms with Crippen molar-refractivity contribution in [3.8, 4) is 0 Å². The third-order valence-corrected chi connectivity index (χ3v) is 6.95. The standard InChI is InChI=1S/C20H22N2O3S/c23-20-9-5-14-21(20)17-10-12-18(13-11-17)26(24,25)22-15-4-3-7-16-6-1-2-8-19(16)22/h1-2,6,8,10-13H,3-5,7,9,14-15H2. The number of amides is 1. The van der Waals surface area contributed by atoms with Crippen molar-refractivity contribution in [2.45, 2.75) is 37.0 Å². The minimum Gasteiger partial charge on any atom is -0.312 e. The molecular formula is C20H22N2O3S. The Kier molecular flexibility index (Phi) is 4.44. The van der Waals surface area contributed by atoms with E-state index in [0.717, 1.165) is 42.6 Å². The Morgan fingerprint density at radius 1 is 0.808 bits per heavy atom. The normalized spacial score (nSPS) is 17.9. The van der Waals surface area contributed by atoms with E-state index in [1.54, 1.807) is 29.2 Å². The largest absolute Gasteiger partial charge is 0.312 e. The summed E-state index contributed by atoms with van der Waals surface area (Å²) >= 11 is 0. The Labute approximate surface area is 154 Å². The average molecular weight is 370 g/mol. The van der Waals surface area contributed by atoms with E-state index in [2.05, 4.69) is 0 Å². The highest BCUT2D eigenvalue weighted by atomic mass is 32.2. The molecule has 1 fully saturated rings. The number of anilines is 2. The molecule has 2 aromatic rings. The number of carbonyl (C=O) groups is 1. The molecule has 5 nitrogen and oxygen atoms in total. The van der Waals surface area contributed by atoms with Gasteiger partial charge in [0.15, 0.2) is 0 Å². The van der Waals surface area contributed by atoms with Crippen LogP contribution in [0.5, 0.6) is 0 Å². The Balaban J connectivity index is 1.67. The SMILES string of the molecule is O=C1CCCN1c1ccc(S(=O)(=O)N2CCCCc3ccccc32)cc1. The first-order valence-corrected chi connectivity index (χ1v) is 10.5. The summed E-state index contributed by atoms with van der Waals surface area (Å²) in [7, 11) is -3.62. The fourth-order valence-electron chi connectivity index (χ4n) is 3.75. The zero-order chi connectivity index (χ0) is 18.1. The Hall–Kier alpha value is -2.34.